The SMILES string of the molecule is O=S(=O)(O)Oc1ccc(Cc2nc3c(Cc4ccccc4)nc(-c4ccc(OSOOO)cc4)cn3c2O)cc1. The largest absolute Gasteiger partial charge is 0.493 e. The fourth-order valence-electron chi connectivity index (χ4n) is 4.03. The molecule has 12 nitrogen and oxygen atoms in total. The minimum atomic E-state index is -4.63. The number of nitrogens with zero attached hydrogens (tertiary/aromatic N) is 3. The molecule has 2 heterocycles. The first-order valence-corrected chi connectivity index (χ1v) is 13.6. The van der Waals surface area contributed by atoms with E-state index in [9.17, 15) is 13.5 Å². The predicted molar refractivity (Wildman–Crippen MR) is 144 cm³/mol. The molecule has 3 aromatic carbocycles. The monoisotopic (exact) mass is 583 g/mol. The number of hydrogen-bond donors (Lipinski definition) is 3. The zero-order valence-corrected chi connectivity index (χ0v) is 22.1. The van der Waals surface area contributed by atoms with Crippen molar-refractivity contribution in [3.63, 3.8) is 0 Å². The Morgan fingerprint density at radius 2 is 1.48 bits per heavy atom. The lowest BCUT2D eigenvalue weighted by molar-refractivity contribution is -0.433. The lowest BCUT2D eigenvalue weighted by atomic mass is 10.1. The molecule has 0 aliphatic carbocycles. The topological polar surface area (TPSA) is 162 Å². The lowest BCUT2D eigenvalue weighted by Crippen LogP contribution is -2.06. The molecule has 2 aromatic heterocycles. The molecule has 0 spiro atoms. The van der Waals surface area contributed by atoms with E-state index < -0.39 is 10.4 Å². The quantitative estimate of drug-likeness (QED) is 0.0639. The van der Waals surface area contributed by atoms with Crippen LogP contribution in [0.15, 0.2) is 85.1 Å². The highest BCUT2D eigenvalue weighted by Gasteiger charge is 2.18. The minimum absolute atomic E-state index is 0.0475. The van der Waals surface area contributed by atoms with Crippen LogP contribution < -0.4 is 8.37 Å². The molecular formula is C26H21N3O9S2. The molecule has 206 valence electrons. The van der Waals surface area contributed by atoms with Crippen molar-refractivity contribution in [2.24, 2.45) is 0 Å². The molecule has 0 fully saturated rings. The predicted octanol–water partition coefficient (Wildman–Crippen LogP) is 4.83. The molecule has 0 saturated carbocycles. The van der Waals surface area contributed by atoms with Gasteiger partial charge in [0, 0.05) is 24.6 Å². The van der Waals surface area contributed by atoms with Crippen LogP contribution in [0.5, 0.6) is 17.4 Å². The van der Waals surface area contributed by atoms with Gasteiger partial charge in [-0.1, -0.05) is 51.8 Å². The maximum Gasteiger partial charge on any atom is 0.446 e. The molecule has 14 heteroatoms. The van der Waals surface area contributed by atoms with E-state index in [-0.39, 0.29) is 18.1 Å². The molecule has 5 rings (SSSR count). The van der Waals surface area contributed by atoms with Gasteiger partial charge in [0.2, 0.25) is 5.88 Å². The second-order valence-corrected chi connectivity index (χ2v) is 9.92. The Bertz CT molecular complexity index is 1710. The summed E-state index contributed by atoms with van der Waals surface area (Å²) in [6.45, 7) is 0. The molecule has 5 aromatic rings. The minimum Gasteiger partial charge on any atom is -0.493 e. The lowest BCUT2D eigenvalue weighted by Gasteiger charge is -2.09. The van der Waals surface area contributed by atoms with Crippen molar-refractivity contribution in [1.82, 2.24) is 14.4 Å². The molecular weight excluding hydrogens is 562 g/mol. The normalized spacial score (nSPS) is 11.6. The van der Waals surface area contributed by atoms with E-state index >= 15 is 0 Å². The summed E-state index contributed by atoms with van der Waals surface area (Å²) in [6.07, 6.45) is 2.39. The number of aromatic hydroxyl groups is 1. The van der Waals surface area contributed by atoms with Crippen LogP contribution in [-0.4, -0.2) is 37.7 Å². The van der Waals surface area contributed by atoms with Crippen molar-refractivity contribution in [2.45, 2.75) is 12.8 Å². The summed E-state index contributed by atoms with van der Waals surface area (Å²) in [4.78, 5) is 9.55. The Morgan fingerprint density at radius 1 is 0.825 bits per heavy atom. The highest BCUT2D eigenvalue weighted by molar-refractivity contribution is 7.90. The summed E-state index contributed by atoms with van der Waals surface area (Å²) in [5.74, 6) is 0.328. The van der Waals surface area contributed by atoms with Crippen molar-refractivity contribution in [3.8, 4) is 28.6 Å². The van der Waals surface area contributed by atoms with Gasteiger partial charge in [-0.25, -0.2) is 15.2 Å². The van der Waals surface area contributed by atoms with Gasteiger partial charge in [0.1, 0.15) is 17.2 Å². The standard InChI is InChI=1S/C26H21N3O9S2/c30-26-23(15-18-6-10-21(11-7-18)36-40(32,33)34)28-25-22(14-17-4-2-1-3-5-17)27-24(16-29(25)26)19-8-12-20(13-9-19)35-39-38-37-31/h1-13,16,30-31H,14-15H2,(H,32,33,34). The van der Waals surface area contributed by atoms with Crippen molar-refractivity contribution in [3.05, 3.63) is 108 Å². The maximum atomic E-state index is 11.2. The highest BCUT2D eigenvalue weighted by atomic mass is 32.3. The fourth-order valence-corrected chi connectivity index (χ4v) is 4.63. The van der Waals surface area contributed by atoms with Crippen LogP contribution in [0.3, 0.4) is 0 Å². The van der Waals surface area contributed by atoms with Gasteiger partial charge in [0.15, 0.2) is 5.65 Å². The van der Waals surface area contributed by atoms with Gasteiger partial charge in [0.25, 0.3) is 12.3 Å². The van der Waals surface area contributed by atoms with Crippen LogP contribution in [0.25, 0.3) is 16.9 Å². The smallest absolute Gasteiger partial charge is 0.446 e. The summed E-state index contributed by atoms with van der Waals surface area (Å²) < 4.78 is 46.2. The average molecular weight is 584 g/mol. The summed E-state index contributed by atoms with van der Waals surface area (Å²) in [5.41, 5.74) is 4.59. The number of benzene rings is 3. The number of aromatic nitrogens is 3. The highest BCUT2D eigenvalue weighted by Crippen LogP contribution is 2.30. The molecule has 0 saturated heterocycles. The number of fused-ring (bicyclic) bond motifs is 1. The second kappa shape index (κ2) is 11.9. The molecule has 0 aliphatic rings. The second-order valence-electron chi connectivity index (χ2n) is 8.46. The van der Waals surface area contributed by atoms with Gasteiger partial charge in [-0.05, 0) is 47.5 Å². The first-order chi connectivity index (χ1) is 19.3. The zero-order valence-electron chi connectivity index (χ0n) is 20.4. The van der Waals surface area contributed by atoms with Crippen LogP contribution >= 0.6 is 12.3 Å². The first kappa shape index (κ1) is 27.4. The Labute approximate surface area is 232 Å². The summed E-state index contributed by atoms with van der Waals surface area (Å²) >= 11 is 0.444. The Morgan fingerprint density at radius 3 is 2.15 bits per heavy atom. The molecule has 3 N–H and O–H groups in total. The Kier molecular flexibility index (Phi) is 8.16. The summed E-state index contributed by atoms with van der Waals surface area (Å²) in [6, 6.07) is 22.7. The third-order valence-electron chi connectivity index (χ3n) is 5.77. The van der Waals surface area contributed by atoms with E-state index in [4.69, 9.17) is 24.0 Å². The number of imidazole rings is 1. The molecule has 0 aliphatic heterocycles. The molecule has 0 amide bonds. The van der Waals surface area contributed by atoms with Crippen LogP contribution in [0, 0.1) is 0 Å². The van der Waals surface area contributed by atoms with Crippen LogP contribution in [0.1, 0.15) is 22.5 Å². The van der Waals surface area contributed by atoms with E-state index in [0.717, 1.165) is 16.7 Å². The van der Waals surface area contributed by atoms with Gasteiger partial charge in [-0.2, -0.15) is 8.42 Å². The van der Waals surface area contributed by atoms with E-state index in [0.29, 0.717) is 47.2 Å². The molecule has 0 atom stereocenters. The summed E-state index contributed by atoms with van der Waals surface area (Å²) in [7, 11) is -4.63. The van der Waals surface area contributed by atoms with E-state index in [1.54, 1.807) is 47.0 Å². The first-order valence-electron chi connectivity index (χ1n) is 11.6. The van der Waals surface area contributed by atoms with Crippen LogP contribution in [-0.2, 0) is 32.6 Å². The van der Waals surface area contributed by atoms with E-state index in [2.05, 4.69) is 13.6 Å². The van der Waals surface area contributed by atoms with Gasteiger partial charge in [0.05, 0.1) is 11.4 Å². The van der Waals surface area contributed by atoms with Crippen molar-refractivity contribution in [2.75, 3.05) is 0 Å². The van der Waals surface area contributed by atoms with Gasteiger partial charge < -0.3 is 13.5 Å². The third kappa shape index (κ3) is 6.69. The van der Waals surface area contributed by atoms with Gasteiger partial charge >= 0.3 is 10.4 Å². The van der Waals surface area contributed by atoms with Crippen LogP contribution in [0.4, 0.5) is 0 Å². The van der Waals surface area contributed by atoms with E-state index in [1.165, 1.54) is 12.1 Å². The maximum absolute atomic E-state index is 11.2. The Hall–Kier alpha value is -4.18. The number of hydrogen-bond acceptors (Lipinski definition) is 11. The fraction of sp³-hybridized carbons (Fsp3) is 0.0769. The van der Waals surface area contributed by atoms with Gasteiger partial charge in [-0.15, -0.1) is 0 Å². The van der Waals surface area contributed by atoms with Crippen LogP contribution in [0.2, 0.25) is 0 Å². The zero-order chi connectivity index (χ0) is 28.1. The number of rotatable bonds is 11. The van der Waals surface area contributed by atoms with Crippen molar-refractivity contribution < 1.29 is 41.1 Å². The average Bonchev–Trinajstić information content (AvgIpc) is 3.25. The summed E-state index contributed by atoms with van der Waals surface area (Å²) in [5, 5.41) is 22.9. The van der Waals surface area contributed by atoms with E-state index in [1.807, 2.05) is 30.3 Å². The van der Waals surface area contributed by atoms with Gasteiger partial charge in [-0.3, -0.25) is 8.95 Å². The molecule has 0 unspecified atom stereocenters. The molecule has 40 heavy (non-hydrogen) atoms. The molecule has 0 bridgehead atoms. The van der Waals surface area contributed by atoms with Crippen molar-refractivity contribution in [1.29, 1.82) is 0 Å². The molecule has 0 radical (unpaired) electrons. The Balaban J connectivity index is 1.49. The van der Waals surface area contributed by atoms with Crippen molar-refractivity contribution >= 4 is 28.4 Å². The third-order valence-corrected chi connectivity index (χ3v) is 6.55.